The van der Waals surface area contributed by atoms with Crippen molar-refractivity contribution in [3.05, 3.63) is 30.1 Å². The SMILES string of the molecule is CCC(C)CCC(CI)CCc1ccccn1. The molecule has 0 aliphatic rings. The topological polar surface area (TPSA) is 12.9 Å². The maximum atomic E-state index is 4.39. The molecule has 0 radical (unpaired) electrons. The van der Waals surface area contributed by atoms with Crippen LogP contribution in [0.4, 0.5) is 0 Å². The zero-order valence-corrected chi connectivity index (χ0v) is 13.2. The first kappa shape index (κ1) is 14.9. The van der Waals surface area contributed by atoms with Gasteiger partial charge < -0.3 is 0 Å². The lowest BCUT2D eigenvalue weighted by Crippen LogP contribution is -2.07. The standard InChI is InChI=1S/C15H24IN/c1-3-13(2)7-8-14(12-16)9-10-15-6-4-5-11-17-15/h4-6,11,13-14H,3,7-10,12H2,1-2H3. The molecule has 0 aliphatic heterocycles. The van der Waals surface area contributed by atoms with Crippen LogP contribution in [0.15, 0.2) is 24.4 Å². The highest BCUT2D eigenvalue weighted by Crippen LogP contribution is 2.21. The third-order valence-corrected chi connectivity index (χ3v) is 4.76. The van der Waals surface area contributed by atoms with Gasteiger partial charge in [0.15, 0.2) is 0 Å². The Labute approximate surface area is 120 Å². The van der Waals surface area contributed by atoms with Crippen molar-refractivity contribution < 1.29 is 0 Å². The number of rotatable bonds is 8. The third-order valence-electron chi connectivity index (χ3n) is 3.52. The summed E-state index contributed by atoms with van der Waals surface area (Å²) in [5.74, 6) is 1.75. The zero-order valence-electron chi connectivity index (χ0n) is 11.0. The van der Waals surface area contributed by atoms with Gasteiger partial charge in [0.25, 0.3) is 0 Å². The first-order valence-electron chi connectivity index (χ1n) is 6.72. The molecule has 0 aliphatic carbocycles. The van der Waals surface area contributed by atoms with Crippen LogP contribution in [-0.2, 0) is 6.42 Å². The molecule has 0 aromatic carbocycles. The summed E-state index contributed by atoms with van der Waals surface area (Å²) in [5.41, 5.74) is 1.24. The third kappa shape index (κ3) is 6.39. The second-order valence-electron chi connectivity index (χ2n) is 4.97. The van der Waals surface area contributed by atoms with Crippen LogP contribution in [-0.4, -0.2) is 9.41 Å². The normalized spacial score (nSPS) is 14.5. The van der Waals surface area contributed by atoms with E-state index in [1.54, 1.807) is 0 Å². The smallest absolute Gasteiger partial charge is 0.0403 e. The van der Waals surface area contributed by atoms with Gasteiger partial charge in [-0.05, 0) is 43.2 Å². The van der Waals surface area contributed by atoms with Gasteiger partial charge in [-0.1, -0.05) is 55.3 Å². The van der Waals surface area contributed by atoms with Crippen LogP contribution in [0.5, 0.6) is 0 Å². The van der Waals surface area contributed by atoms with E-state index in [0.29, 0.717) is 0 Å². The van der Waals surface area contributed by atoms with E-state index in [-0.39, 0.29) is 0 Å². The molecule has 0 amide bonds. The minimum atomic E-state index is 0.867. The minimum absolute atomic E-state index is 0.867. The van der Waals surface area contributed by atoms with Crippen LogP contribution in [0.3, 0.4) is 0 Å². The number of nitrogens with zero attached hydrogens (tertiary/aromatic N) is 1. The first-order valence-corrected chi connectivity index (χ1v) is 8.24. The monoisotopic (exact) mass is 345 g/mol. The maximum absolute atomic E-state index is 4.39. The van der Waals surface area contributed by atoms with Gasteiger partial charge in [-0.15, -0.1) is 0 Å². The van der Waals surface area contributed by atoms with E-state index in [9.17, 15) is 0 Å². The van der Waals surface area contributed by atoms with Gasteiger partial charge in [0.05, 0.1) is 0 Å². The number of halogens is 1. The molecule has 2 unspecified atom stereocenters. The summed E-state index contributed by atoms with van der Waals surface area (Å²) in [7, 11) is 0. The zero-order chi connectivity index (χ0) is 12.5. The van der Waals surface area contributed by atoms with Crippen LogP contribution in [0.1, 0.15) is 45.2 Å². The summed E-state index contributed by atoms with van der Waals surface area (Å²) < 4.78 is 1.28. The molecule has 1 heterocycles. The molecule has 0 fully saturated rings. The molecule has 1 aromatic heterocycles. The van der Waals surface area contributed by atoms with Gasteiger partial charge >= 0.3 is 0 Å². The summed E-state index contributed by atoms with van der Waals surface area (Å²) in [6, 6.07) is 6.21. The lowest BCUT2D eigenvalue weighted by molar-refractivity contribution is 0.413. The van der Waals surface area contributed by atoms with Gasteiger partial charge in [0.1, 0.15) is 0 Å². The van der Waals surface area contributed by atoms with Crippen LogP contribution in [0.25, 0.3) is 0 Å². The largest absolute Gasteiger partial charge is 0.261 e. The minimum Gasteiger partial charge on any atom is -0.261 e. The van der Waals surface area contributed by atoms with Crippen molar-refractivity contribution in [2.45, 2.75) is 46.0 Å². The van der Waals surface area contributed by atoms with E-state index in [0.717, 1.165) is 18.3 Å². The number of pyridine rings is 1. The number of aryl methyl sites for hydroxylation is 1. The highest BCUT2D eigenvalue weighted by atomic mass is 127. The number of aromatic nitrogens is 1. The number of hydrogen-bond donors (Lipinski definition) is 0. The highest BCUT2D eigenvalue weighted by Gasteiger charge is 2.09. The molecule has 2 heteroatoms. The van der Waals surface area contributed by atoms with Crippen LogP contribution >= 0.6 is 22.6 Å². The predicted molar refractivity (Wildman–Crippen MR) is 83.6 cm³/mol. The Morgan fingerprint density at radius 1 is 1.24 bits per heavy atom. The van der Waals surface area contributed by atoms with Gasteiger partial charge in [-0.3, -0.25) is 4.98 Å². The van der Waals surface area contributed by atoms with Gasteiger partial charge in [0.2, 0.25) is 0 Å². The molecule has 1 aromatic rings. The molecule has 0 saturated carbocycles. The Morgan fingerprint density at radius 3 is 2.65 bits per heavy atom. The van der Waals surface area contributed by atoms with E-state index in [2.05, 4.69) is 53.6 Å². The van der Waals surface area contributed by atoms with Gasteiger partial charge in [0, 0.05) is 16.3 Å². The molecule has 17 heavy (non-hydrogen) atoms. The quantitative estimate of drug-likeness (QED) is 0.483. The van der Waals surface area contributed by atoms with E-state index < -0.39 is 0 Å². The lowest BCUT2D eigenvalue weighted by Gasteiger charge is -2.16. The van der Waals surface area contributed by atoms with Crippen LogP contribution < -0.4 is 0 Å². The van der Waals surface area contributed by atoms with E-state index in [1.165, 1.54) is 35.8 Å². The van der Waals surface area contributed by atoms with E-state index in [1.807, 2.05) is 12.3 Å². The van der Waals surface area contributed by atoms with Crippen LogP contribution in [0.2, 0.25) is 0 Å². The summed E-state index contributed by atoms with van der Waals surface area (Å²) in [6.07, 6.45) is 8.39. The van der Waals surface area contributed by atoms with Crippen molar-refractivity contribution in [3.8, 4) is 0 Å². The fraction of sp³-hybridized carbons (Fsp3) is 0.667. The Balaban J connectivity index is 2.27. The second-order valence-corrected chi connectivity index (χ2v) is 5.85. The summed E-state index contributed by atoms with van der Waals surface area (Å²) >= 11 is 2.53. The fourth-order valence-corrected chi connectivity index (χ4v) is 2.80. The van der Waals surface area contributed by atoms with Crippen molar-refractivity contribution in [1.29, 1.82) is 0 Å². The van der Waals surface area contributed by atoms with Crippen molar-refractivity contribution in [2.75, 3.05) is 4.43 Å². The number of hydrogen-bond acceptors (Lipinski definition) is 1. The van der Waals surface area contributed by atoms with Crippen molar-refractivity contribution in [3.63, 3.8) is 0 Å². The highest BCUT2D eigenvalue weighted by molar-refractivity contribution is 14.1. The summed E-state index contributed by atoms with van der Waals surface area (Å²) in [5, 5.41) is 0. The maximum Gasteiger partial charge on any atom is 0.0403 e. The Bertz CT molecular complexity index is 286. The van der Waals surface area contributed by atoms with Gasteiger partial charge in [-0.2, -0.15) is 0 Å². The molecule has 1 rings (SSSR count). The molecular weight excluding hydrogens is 321 g/mol. The Hall–Kier alpha value is -0.120. The molecule has 2 atom stereocenters. The molecule has 1 nitrogen and oxygen atoms in total. The van der Waals surface area contributed by atoms with E-state index >= 15 is 0 Å². The van der Waals surface area contributed by atoms with Crippen molar-refractivity contribution in [2.24, 2.45) is 11.8 Å². The average Bonchev–Trinajstić information content (AvgIpc) is 2.39. The summed E-state index contributed by atoms with van der Waals surface area (Å²) in [6.45, 7) is 4.65. The molecule has 0 bridgehead atoms. The Kier molecular flexibility index (Phi) is 7.82. The molecule has 0 saturated heterocycles. The molecule has 0 spiro atoms. The second kappa shape index (κ2) is 8.90. The number of alkyl halides is 1. The molecule has 0 N–H and O–H groups in total. The summed E-state index contributed by atoms with van der Waals surface area (Å²) in [4.78, 5) is 4.39. The van der Waals surface area contributed by atoms with Crippen LogP contribution in [0, 0.1) is 11.8 Å². The lowest BCUT2D eigenvalue weighted by atomic mass is 9.93. The Morgan fingerprint density at radius 2 is 2.06 bits per heavy atom. The van der Waals surface area contributed by atoms with Crippen molar-refractivity contribution in [1.82, 2.24) is 4.98 Å². The fourth-order valence-electron chi connectivity index (χ4n) is 1.92. The van der Waals surface area contributed by atoms with Crippen molar-refractivity contribution >= 4 is 22.6 Å². The average molecular weight is 345 g/mol. The molecular formula is C15H24IN. The van der Waals surface area contributed by atoms with E-state index in [4.69, 9.17) is 0 Å². The van der Waals surface area contributed by atoms with Gasteiger partial charge in [-0.25, -0.2) is 0 Å². The molecule has 96 valence electrons. The first-order chi connectivity index (χ1) is 8.26. The predicted octanol–water partition coefficient (Wildman–Crippen LogP) is 4.89.